The van der Waals surface area contributed by atoms with Gasteiger partial charge in [0.25, 0.3) is 0 Å². The number of aryl methyl sites for hydroxylation is 1. The Bertz CT molecular complexity index is 889. The van der Waals surface area contributed by atoms with Crippen LogP contribution in [0.25, 0.3) is 6.08 Å². The molecule has 0 saturated heterocycles. The fourth-order valence-electron chi connectivity index (χ4n) is 2.10. The number of primary sulfonamides is 1. The minimum Gasteiger partial charge on any atom is -0.495 e. The molecule has 0 unspecified atom stereocenters. The molecule has 0 heterocycles. The highest BCUT2D eigenvalue weighted by molar-refractivity contribution is 7.89. The number of benzene rings is 2. The first-order valence-electron chi connectivity index (χ1n) is 7.07. The van der Waals surface area contributed by atoms with Gasteiger partial charge in [0.05, 0.1) is 7.11 Å². The van der Waals surface area contributed by atoms with Crippen LogP contribution >= 0.6 is 0 Å². The number of carbonyl (C=O) groups is 1. The first kappa shape index (κ1) is 17.7. The van der Waals surface area contributed by atoms with Crippen molar-refractivity contribution in [3.8, 4) is 5.75 Å². The standard InChI is InChI=1S/C17H18N2O4S/c1-12-5-3-4-6-13(12)7-10-17(20)19-14-8-9-15(23-2)16(11-14)24(18,21)22/h3-11H,1-2H3,(H,19,20)(H2,18,21,22)/b10-7+. The van der Waals surface area contributed by atoms with Gasteiger partial charge >= 0.3 is 0 Å². The number of hydrogen-bond acceptors (Lipinski definition) is 4. The molecule has 126 valence electrons. The van der Waals surface area contributed by atoms with Crippen LogP contribution in [0.15, 0.2) is 53.4 Å². The third kappa shape index (κ3) is 4.43. The minimum atomic E-state index is -3.96. The van der Waals surface area contributed by atoms with E-state index in [1.54, 1.807) is 6.08 Å². The minimum absolute atomic E-state index is 0.117. The van der Waals surface area contributed by atoms with Crippen LogP contribution < -0.4 is 15.2 Å². The summed E-state index contributed by atoms with van der Waals surface area (Å²) in [7, 11) is -2.62. The maximum Gasteiger partial charge on any atom is 0.248 e. The highest BCUT2D eigenvalue weighted by atomic mass is 32.2. The molecule has 0 bridgehead atoms. The van der Waals surface area contributed by atoms with Crippen LogP contribution in [0.5, 0.6) is 5.75 Å². The number of hydrogen-bond donors (Lipinski definition) is 2. The molecule has 0 aliphatic carbocycles. The van der Waals surface area contributed by atoms with Crippen molar-refractivity contribution in [1.29, 1.82) is 0 Å². The Hall–Kier alpha value is -2.64. The molecule has 3 N–H and O–H groups in total. The van der Waals surface area contributed by atoms with Crippen molar-refractivity contribution >= 4 is 27.7 Å². The van der Waals surface area contributed by atoms with Crippen molar-refractivity contribution in [2.75, 3.05) is 12.4 Å². The molecule has 0 spiro atoms. The van der Waals surface area contributed by atoms with E-state index in [-0.39, 0.29) is 16.6 Å². The van der Waals surface area contributed by atoms with Gasteiger partial charge in [0.1, 0.15) is 10.6 Å². The van der Waals surface area contributed by atoms with Crippen LogP contribution in [0.2, 0.25) is 0 Å². The Morgan fingerprint density at radius 2 is 1.92 bits per heavy atom. The van der Waals surface area contributed by atoms with Gasteiger partial charge in [-0.1, -0.05) is 24.3 Å². The SMILES string of the molecule is COc1ccc(NC(=O)/C=C/c2ccccc2C)cc1S(N)(=O)=O. The lowest BCUT2D eigenvalue weighted by atomic mass is 10.1. The summed E-state index contributed by atoms with van der Waals surface area (Å²) in [5.41, 5.74) is 2.27. The van der Waals surface area contributed by atoms with Crippen molar-refractivity contribution in [3.63, 3.8) is 0 Å². The van der Waals surface area contributed by atoms with E-state index in [9.17, 15) is 13.2 Å². The van der Waals surface area contributed by atoms with E-state index in [0.29, 0.717) is 5.69 Å². The molecule has 7 heteroatoms. The number of amides is 1. The van der Waals surface area contributed by atoms with Crippen molar-refractivity contribution in [1.82, 2.24) is 0 Å². The summed E-state index contributed by atoms with van der Waals surface area (Å²) in [6, 6.07) is 11.9. The summed E-state index contributed by atoms with van der Waals surface area (Å²) >= 11 is 0. The normalized spacial score (nSPS) is 11.5. The second kappa shape index (κ2) is 7.29. The van der Waals surface area contributed by atoms with Crippen LogP contribution in [-0.2, 0) is 14.8 Å². The zero-order valence-electron chi connectivity index (χ0n) is 13.3. The van der Waals surface area contributed by atoms with Gasteiger partial charge in [-0.2, -0.15) is 0 Å². The van der Waals surface area contributed by atoms with Crippen LogP contribution in [0.3, 0.4) is 0 Å². The maximum absolute atomic E-state index is 12.0. The van der Waals surface area contributed by atoms with E-state index in [1.165, 1.54) is 31.4 Å². The number of nitrogens with two attached hydrogens (primary N) is 1. The summed E-state index contributed by atoms with van der Waals surface area (Å²) in [5, 5.41) is 7.74. The number of nitrogens with one attached hydrogen (secondary N) is 1. The fraction of sp³-hybridized carbons (Fsp3) is 0.118. The quantitative estimate of drug-likeness (QED) is 0.812. The zero-order chi connectivity index (χ0) is 17.7. The lowest BCUT2D eigenvalue weighted by Gasteiger charge is -2.09. The number of sulfonamides is 1. The maximum atomic E-state index is 12.0. The van der Waals surface area contributed by atoms with E-state index in [2.05, 4.69) is 5.32 Å². The van der Waals surface area contributed by atoms with Crippen LogP contribution in [-0.4, -0.2) is 21.4 Å². The zero-order valence-corrected chi connectivity index (χ0v) is 14.1. The van der Waals surface area contributed by atoms with E-state index >= 15 is 0 Å². The van der Waals surface area contributed by atoms with Gasteiger partial charge in [-0.15, -0.1) is 0 Å². The third-order valence-electron chi connectivity index (χ3n) is 3.34. The largest absolute Gasteiger partial charge is 0.495 e. The lowest BCUT2D eigenvalue weighted by Crippen LogP contribution is -2.15. The fourth-order valence-corrected chi connectivity index (χ4v) is 2.82. The molecule has 0 aliphatic heterocycles. The molecular weight excluding hydrogens is 328 g/mol. The topological polar surface area (TPSA) is 98.5 Å². The molecule has 6 nitrogen and oxygen atoms in total. The van der Waals surface area contributed by atoms with Gasteiger partial charge in [0.2, 0.25) is 15.9 Å². The van der Waals surface area contributed by atoms with Gasteiger partial charge in [-0.3, -0.25) is 4.79 Å². The molecule has 0 aromatic heterocycles. The second-order valence-corrected chi connectivity index (χ2v) is 6.62. The van der Waals surface area contributed by atoms with Crippen LogP contribution in [0.1, 0.15) is 11.1 Å². The summed E-state index contributed by atoms with van der Waals surface area (Å²) in [6.45, 7) is 1.94. The van der Waals surface area contributed by atoms with Gasteiger partial charge in [0.15, 0.2) is 0 Å². The summed E-state index contributed by atoms with van der Waals surface area (Å²) in [6.07, 6.45) is 3.07. The molecule has 24 heavy (non-hydrogen) atoms. The Morgan fingerprint density at radius 3 is 2.54 bits per heavy atom. The average molecular weight is 346 g/mol. The van der Waals surface area contributed by atoms with E-state index in [1.807, 2.05) is 31.2 Å². The molecular formula is C17H18N2O4S. The van der Waals surface area contributed by atoms with Crippen LogP contribution in [0, 0.1) is 6.92 Å². The molecule has 2 rings (SSSR count). The number of carbonyl (C=O) groups excluding carboxylic acids is 1. The predicted octanol–water partition coefficient (Wildman–Crippen LogP) is 2.30. The summed E-state index contributed by atoms with van der Waals surface area (Å²) in [4.78, 5) is 11.8. The van der Waals surface area contributed by atoms with Crippen molar-refractivity contribution in [2.24, 2.45) is 5.14 Å². The number of methoxy groups -OCH3 is 1. The average Bonchev–Trinajstić information content (AvgIpc) is 2.53. The predicted molar refractivity (Wildman–Crippen MR) is 93.2 cm³/mol. The molecule has 0 aliphatic rings. The number of rotatable bonds is 5. The highest BCUT2D eigenvalue weighted by Crippen LogP contribution is 2.26. The molecule has 0 fully saturated rings. The number of ether oxygens (including phenoxy) is 1. The number of anilines is 1. The molecule has 2 aromatic carbocycles. The summed E-state index contributed by atoms with van der Waals surface area (Å²) in [5.74, 6) is -0.269. The first-order chi connectivity index (χ1) is 11.3. The Labute approximate surface area is 141 Å². The molecule has 2 aromatic rings. The lowest BCUT2D eigenvalue weighted by molar-refractivity contribution is -0.111. The van der Waals surface area contributed by atoms with Crippen molar-refractivity contribution in [3.05, 3.63) is 59.7 Å². The van der Waals surface area contributed by atoms with Crippen LogP contribution in [0.4, 0.5) is 5.69 Å². The van der Waals surface area contributed by atoms with Gasteiger partial charge < -0.3 is 10.1 Å². The molecule has 0 atom stereocenters. The Morgan fingerprint density at radius 1 is 1.21 bits per heavy atom. The smallest absolute Gasteiger partial charge is 0.248 e. The van der Waals surface area contributed by atoms with E-state index < -0.39 is 10.0 Å². The van der Waals surface area contributed by atoms with Gasteiger partial charge in [0, 0.05) is 11.8 Å². The first-order valence-corrected chi connectivity index (χ1v) is 8.61. The Kier molecular flexibility index (Phi) is 5.38. The van der Waals surface area contributed by atoms with Gasteiger partial charge in [-0.05, 0) is 42.3 Å². The monoisotopic (exact) mass is 346 g/mol. The summed E-state index contributed by atoms with van der Waals surface area (Å²) < 4.78 is 28.1. The van der Waals surface area contributed by atoms with Gasteiger partial charge in [-0.25, -0.2) is 13.6 Å². The Balaban J connectivity index is 2.19. The third-order valence-corrected chi connectivity index (χ3v) is 4.27. The molecule has 0 radical (unpaired) electrons. The highest BCUT2D eigenvalue weighted by Gasteiger charge is 2.16. The second-order valence-electron chi connectivity index (χ2n) is 5.09. The van der Waals surface area contributed by atoms with Crippen molar-refractivity contribution < 1.29 is 17.9 Å². The van der Waals surface area contributed by atoms with Crippen molar-refractivity contribution in [2.45, 2.75) is 11.8 Å². The van der Waals surface area contributed by atoms with E-state index in [0.717, 1.165) is 11.1 Å². The van der Waals surface area contributed by atoms with E-state index in [4.69, 9.17) is 9.88 Å². The molecule has 0 saturated carbocycles. The molecule has 1 amide bonds.